The van der Waals surface area contributed by atoms with Crippen molar-refractivity contribution in [3.05, 3.63) is 18.0 Å². The highest BCUT2D eigenvalue weighted by Gasteiger charge is 2.33. The second-order valence-electron chi connectivity index (χ2n) is 7.54. The minimum atomic E-state index is 0.518. The van der Waals surface area contributed by atoms with Crippen LogP contribution in [0, 0.1) is 0 Å². The molecule has 1 fully saturated rings. The summed E-state index contributed by atoms with van der Waals surface area (Å²) in [4.78, 5) is 16.8. The van der Waals surface area contributed by atoms with E-state index >= 15 is 0 Å². The van der Waals surface area contributed by atoms with E-state index in [9.17, 15) is 0 Å². The van der Waals surface area contributed by atoms with Crippen molar-refractivity contribution in [3.63, 3.8) is 0 Å². The first-order valence-corrected chi connectivity index (χ1v) is 10.0. The molecule has 1 aliphatic heterocycles. The molecule has 2 unspecified atom stereocenters. The minimum Gasteiger partial charge on any atom is -0.332 e. The fourth-order valence-electron chi connectivity index (χ4n) is 3.75. The molecular formula is C20H37N5. The molecular weight excluding hydrogens is 310 g/mol. The molecule has 2 heterocycles. The molecule has 1 saturated heterocycles. The summed E-state index contributed by atoms with van der Waals surface area (Å²) < 4.78 is 0. The Labute approximate surface area is 154 Å². The second-order valence-corrected chi connectivity index (χ2v) is 7.54. The van der Waals surface area contributed by atoms with Gasteiger partial charge < -0.3 is 9.80 Å². The lowest BCUT2D eigenvalue weighted by Crippen LogP contribution is -2.59. The van der Waals surface area contributed by atoms with Gasteiger partial charge in [0.25, 0.3) is 0 Å². The van der Waals surface area contributed by atoms with E-state index in [-0.39, 0.29) is 0 Å². The van der Waals surface area contributed by atoms with Gasteiger partial charge in [0, 0.05) is 37.6 Å². The lowest BCUT2D eigenvalue weighted by Gasteiger charge is -2.46. The highest BCUT2D eigenvalue weighted by atomic mass is 15.4. The maximum absolute atomic E-state index is 4.75. The van der Waals surface area contributed by atoms with Crippen LogP contribution in [0.15, 0.2) is 12.4 Å². The van der Waals surface area contributed by atoms with Gasteiger partial charge in [-0.2, -0.15) is 0 Å². The molecule has 25 heavy (non-hydrogen) atoms. The third-order valence-corrected chi connectivity index (χ3v) is 5.36. The summed E-state index contributed by atoms with van der Waals surface area (Å²) in [6.07, 6.45) is 9.87. The van der Waals surface area contributed by atoms with E-state index in [1.807, 2.05) is 12.4 Å². The molecule has 1 aromatic heterocycles. The first-order valence-electron chi connectivity index (χ1n) is 10.0. The van der Waals surface area contributed by atoms with Crippen LogP contribution >= 0.6 is 0 Å². The van der Waals surface area contributed by atoms with Crippen LogP contribution in [0.25, 0.3) is 0 Å². The van der Waals surface area contributed by atoms with Gasteiger partial charge in [-0.05, 0) is 64.9 Å². The summed E-state index contributed by atoms with van der Waals surface area (Å²) in [5.41, 5.74) is 1.26. The maximum atomic E-state index is 4.75. The van der Waals surface area contributed by atoms with Crippen molar-refractivity contribution in [2.75, 3.05) is 45.2 Å². The Morgan fingerprint density at radius 1 is 1.00 bits per heavy atom. The van der Waals surface area contributed by atoms with Crippen LogP contribution in [0.5, 0.6) is 0 Å². The summed E-state index contributed by atoms with van der Waals surface area (Å²) >= 11 is 0. The number of aryl methyl sites for hydroxylation is 1. The number of aromatic nitrogens is 2. The molecule has 0 radical (unpaired) electrons. The lowest BCUT2D eigenvalue weighted by molar-refractivity contribution is 0.189. The van der Waals surface area contributed by atoms with Crippen molar-refractivity contribution in [1.29, 1.82) is 0 Å². The molecule has 0 bridgehead atoms. The molecule has 5 nitrogen and oxygen atoms in total. The van der Waals surface area contributed by atoms with Gasteiger partial charge in [-0.15, -0.1) is 0 Å². The van der Waals surface area contributed by atoms with E-state index in [1.54, 1.807) is 0 Å². The van der Waals surface area contributed by atoms with Gasteiger partial charge in [-0.1, -0.05) is 20.8 Å². The summed E-state index contributed by atoms with van der Waals surface area (Å²) in [6, 6.07) is 1.04. The first kappa shape index (κ1) is 20.1. The second kappa shape index (κ2) is 10.1. The molecule has 0 spiro atoms. The number of hydrogen-bond acceptors (Lipinski definition) is 5. The number of likely N-dealkylation sites (N-methyl/N-ethyl adjacent to an activating group) is 1. The van der Waals surface area contributed by atoms with Gasteiger partial charge >= 0.3 is 0 Å². The quantitative estimate of drug-likeness (QED) is 0.642. The minimum absolute atomic E-state index is 0.518. The molecule has 0 aliphatic carbocycles. The topological polar surface area (TPSA) is 35.5 Å². The Morgan fingerprint density at radius 3 is 2.08 bits per heavy atom. The standard InChI is InChI=1S/C20H37N5/c1-6-18-15-24(8-3)16-19(7-2)25(18)20-21-13-17(14-22-20)11-9-10-12-23(4)5/h13-14,18-19H,6-12,15-16H2,1-5H3. The molecule has 1 aliphatic rings. The van der Waals surface area contributed by atoms with Crippen molar-refractivity contribution >= 4 is 5.95 Å². The largest absolute Gasteiger partial charge is 0.332 e. The summed E-state index contributed by atoms with van der Waals surface area (Å²) in [7, 11) is 4.26. The Morgan fingerprint density at radius 2 is 1.60 bits per heavy atom. The average Bonchev–Trinajstić information content (AvgIpc) is 2.64. The number of piperazine rings is 1. The molecule has 0 saturated carbocycles. The number of unbranched alkanes of at least 4 members (excludes halogenated alkanes) is 1. The van der Waals surface area contributed by atoms with Crippen LogP contribution < -0.4 is 4.90 Å². The van der Waals surface area contributed by atoms with Gasteiger partial charge in [-0.3, -0.25) is 4.90 Å². The van der Waals surface area contributed by atoms with Gasteiger partial charge in [0.15, 0.2) is 0 Å². The van der Waals surface area contributed by atoms with Crippen molar-refractivity contribution in [2.45, 2.75) is 65.0 Å². The fraction of sp³-hybridized carbons (Fsp3) is 0.800. The number of hydrogen-bond donors (Lipinski definition) is 0. The predicted molar refractivity (Wildman–Crippen MR) is 106 cm³/mol. The summed E-state index contributed by atoms with van der Waals surface area (Å²) in [5.74, 6) is 0.923. The average molecular weight is 348 g/mol. The Hall–Kier alpha value is -1.20. The molecule has 0 amide bonds. The van der Waals surface area contributed by atoms with E-state index in [2.05, 4.69) is 49.6 Å². The third kappa shape index (κ3) is 5.65. The maximum Gasteiger partial charge on any atom is 0.225 e. The van der Waals surface area contributed by atoms with Gasteiger partial charge in [0.05, 0.1) is 0 Å². The Kier molecular flexibility index (Phi) is 8.10. The zero-order chi connectivity index (χ0) is 18.2. The molecule has 0 aromatic carbocycles. The molecule has 1 aromatic rings. The highest BCUT2D eigenvalue weighted by molar-refractivity contribution is 5.35. The van der Waals surface area contributed by atoms with Gasteiger partial charge in [-0.25, -0.2) is 9.97 Å². The van der Waals surface area contributed by atoms with E-state index in [0.29, 0.717) is 12.1 Å². The number of rotatable bonds is 9. The monoisotopic (exact) mass is 347 g/mol. The van der Waals surface area contributed by atoms with Crippen molar-refractivity contribution in [2.24, 2.45) is 0 Å². The third-order valence-electron chi connectivity index (χ3n) is 5.36. The molecule has 2 rings (SSSR count). The lowest BCUT2D eigenvalue weighted by atomic mass is 10.0. The Bertz CT molecular complexity index is 473. The highest BCUT2D eigenvalue weighted by Crippen LogP contribution is 2.25. The molecule has 5 heteroatoms. The summed E-state index contributed by atoms with van der Waals surface area (Å²) in [5, 5.41) is 0. The first-order chi connectivity index (χ1) is 12.1. The van der Waals surface area contributed by atoms with Crippen LogP contribution in [0.3, 0.4) is 0 Å². The van der Waals surface area contributed by atoms with Crippen LogP contribution in [0.2, 0.25) is 0 Å². The van der Waals surface area contributed by atoms with Gasteiger partial charge in [0.2, 0.25) is 5.95 Å². The van der Waals surface area contributed by atoms with Crippen molar-refractivity contribution in [1.82, 2.24) is 19.8 Å². The number of anilines is 1. The van der Waals surface area contributed by atoms with Crippen LogP contribution in [0.4, 0.5) is 5.95 Å². The van der Waals surface area contributed by atoms with E-state index in [4.69, 9.17) is 9.97 Å². The van der Waals surface area contributed by atoms with Gasteiger partial charge in [0.1, 0.15) is 0 Å². The van der Waals surface area contributed by atoms with Crippen LogP contribution in [-0.2, 0) is 6.42 Å². The SMILES string of the molecule is CCC1CN(CC)CC(CC)N1c1ncc(CCCCN(C)C)cn1. The van der Waals surface area contributed by atoms with Crippen molar-refractivity contribution < 1.29 is 0 Å². The zero-order valence-electron chi connectivity index (χ0n) is 16.9. The van der Waals surface area contributed by atoms with Crippen LogP contribution in [0.1, 0.15) is 52.0 Å². The smallest absolute Gasteiger partial charge is 0.225 e. The summed E-state index contributed by atoms with van der Waals surface area (Å²) in [6.45, 7) is 11.4. The number of nitrogens with zero attached hydrogens (tertiary/aromatic N) is 5. The normalized spacial score (nSPS) is 21.9. The van der Waals surface area contributed by atoms with Crippen LogP contribution in [-0.4, -0.2) is 72.1 Å². The molecule has 2 atom stereocenters. The predicted octanol–water partition coefficient (Wildman–Crippen LogP) is 3.06. The van der Waals surface area contributed by atoms with E-state index < -0.39 is 0 Å². The van der Waals surface area contributed by atoms with Crippen molar-refractivity contribution in [3.8, 4) is 0 Å². The van der Waals surface area contributed by atoms with E-state index in [1.165, 1.54) is 18.4 Å². The molecule has 142 valence electrons. The Balaban J connectivity index is 2.01. The molecule has 0 N–H and O–H groups in total. The zero-order valence-corrected chi connectivity index (χ0v) is 16.9. The van der Waals surface area contributed by atoms with E-state index in [0.717, 1.165) is 51.4 Å². The fourth-order valence-corrected chi connectivity index (χ4v) is 3.75.